The number of β-lactam (4-membered cyclic amide) rings is 1. The van der Waals surface area contributed by atoms with E-state index in [0.29, 0.717) is 0 Å². The lowest BCUT2D eigenvalue weighted by Gasteiger charge is -2.42. The van der Waals surface area contributed by atoms with E-state index < -0.39 is 11.4 Å². The van der Waals surface area contributed by atoms with E-state index in [1.165, 1.54) is 0 Å². The highest BCUT2D eigenvalue weighted by molar-refractivity contribution is 5.88. The summed E-state index contributed by atoms with van der Waals surface area (Å²) < 4.78 is 5.60. The molecule has 1 heterocycles. The molecule has 1 atom stereocenters. The third-order valence-electron chi connectivity index (χ3n) is 2.50. The van der Waals surface area contributed by atoms with E-state index in [1.807, 2.05) is 44.2 Å². The molecule has 0 aliphatic carbocycles. The molecule has 2 N–H and O–H groups in total. The summed E-state index contributed by atoms with van der Waals surface area (Å²) in [7, 11) is 0. The average Bonchev–Trinajstić information content (AvgIpc) is 2.29. The van der Waals surface area contributed by atoms with Crippen LogP contribution in [0.25, 0.3) is 0 Å². The molecule has 0 bridgehead atoms. The summed E-state index contributed by atoms with van der Waals surface area (Å²) in [6, 6.07) is 9.49. The van der Waals surface area contributed by atoms with Gasteiger partial charge in [0.05, 0.1) is 5.41 Å². The molecule has 1 aromatic rings. The lowest BCUT2D eigenvalue weighted by Crippen LogP contribution is -2.66. The van der Waals surface area contributed by atoms with Gasteiger partial charge in [-0.05, 0) is 26.0 Å². The minimum atomic E-state index is -0.833. The second-order valence-electron chi connectivity index (χ2n) is 4.53. The third kappa shape index (κ3) is 3.48. The number of carboxylic acid groups (broad SMARTS) is 1. The van der Waals surface area contributed by atoms with Crippen molar-refractivity contribution in [3.63, 3.8) is 0 Å². The van der Waals surface area contributed by atoms with Crippen molar-refractivity contribution in [3.8, 4) is 5.75 Å². The van der Waals surface area contributed by atoms with Crippen LogP contribution in [-0.2, 0) is 9.59 Å². The van der Waals surface area contributed by atoms with Crippen LogP contribution in [0.1, 0.15) is 20.8 Å². The quantitative estimate of drug-likeness (QED) is 0.783. The summed E-state index contributed by atoms with van der Waals surface area (Å²) in [6.07, 6.45) is -0.211. The van der Waals surface area contributed by atoms with Gasteiger partial charge in [0, 0.05) is 6.92 Å². The number of carboxylic acids is 1. The van der Waals surface area contributed by atoms with Gasteiger partial charge in [0.1, 0.15) is 5.75 Å². The third-order valence-corrected chi connectivity index (χ3v) is 2.50. The molecule has 5 heteroatoms. The Morgan fingerprint density at radius 3 is 2.22 bits per heavy atom. The highest BCUT2D eigenvalue weighted by atomic mass is 16.5. The van der Waals surface area contributed by atoms with Crippen LogP contribution in [0.5, 0.6) is 5.75 Å². The Labute approximate surface area is 106 Å². The van der Waals surface area contributed by atoms with Crippen molar-refractivity contribution in [1.29, 1.82) is 0 Å². The van der Waals surface area contributed by atoms with Crippen LogP contribution in [-0.4, -0.2) is 23.2 Å². The zero-order valence-corrected chi connectivity index (χ0v) is 10.6. The number of nitrogens with one attached hydrogen (secondary N) is 1. The van der Waals surface area contributed by atoms with Gasteiger partial charge >= 0.3 is 0 Å². The van der Waals surface area contributed by atoms with Crippen molar-refractivity contribution in [1.82, 2.24) is 5.32 Å². The van der Waals surface area contributed by atoms with E-state index in [1.54, 1.807) is 0 Å². The van der Waals surface area contributed by atoms with Crippen molar-refractivity contribution in [2.24, 2.45) is 5.41 Å². The van der Waals surface area contributed by atoms with Gasteiger partial charge < -0.3 is 15.2 Å². The Morgan fingerprint density at radius 2 is 1.83 bits per heavy atom. The van der Waals surface area contributed by atoms with Gasteiger partial charge in [-0.3, -0.25) is 9.59 Å². The summed E-state index contributed by atoms with van der Waals surface area (Å²) in [6.45, 7) is 4.83. The SMILES string of the molecule is CC(=O)O.CC1(C)C(=O)NC1Oc1ccccc1. The molecule has 1 unspecified atom stereocenters. The first-order valence-corrected chi connectivity index (χ1v) is 5.56. The number of hydrogen-bond acceptors (Lipinski definition) is 3. The number of carbonyl (C=O) groups excluding carboxylic acids is 1. The maximum absolute atomic E-state index is 11.2. The van der Waals surface area contributed by atoms with E-state index in [2.05, 4.69) is 5.32 Å². The first-order valence-electron chi connectivity index (χ1n) is 5.56. The van der Waals surface area contributed by atoms with Gasteiger partial charge in [0.2, 0.25) is 5.91 Å². The molecule has 98 valence electrons. The minimum Gasteiger partial charge on any atom is -0.481 e. The van der Waals surface area contributed by atoms with Gasteiger partial charge in [-0.2, -0.15) is 0 Å². The predicted molar refractivity (Wildman–Crippen MR) is 66.1 cm³/mol. The molecule has 1 aliphatic heterocycles. The number of benzene rings is 1. The minimum absolute atomic E-state index is 0.0402. The van der Waals surface area contributed by atoms with E-state index in [-0.39, 0.29) is 12.1 Å². The Kier molecular flexibility index (Phi) is 4.31. The van der Waals surface area contributed by atoms with Crippen molar-refractivity contribution in [2.75, 3.05) is 0 Å². The van der Waals surface area contributed by atoms with E-state index in [4.69, 9.17) is 14.6 Å². The van der Waals surface area contributed by atoms with Crippen LogP contribution in [0.2, 0.25) is 0 Å². The molecule has 1 saturated heterocycles. The number of rotatable bonds is 2. The largest absolute Gasteiger partial charge is 0.481 e. The molecule has 1 aliphatic rings. The molecular formula is C13H17NO4. The van der Waals surface area contributed by atoms with Crippen LogP contribution in [0, 0.1) is 5.41 Å². The van der Waals surface area contributed by atoms with Crippen LogP contribution in [0.3, 0.4) is 0 Å². The number of hydrogen-bond donors (Lipinski definition) is 2. The fourth-order valence-corrected chi connectivity index (χ4v) is 1.34. The molecule has 2 rings (SSSR count). The Hall–Kier alpha value is -2.04. The van der Waals surface area contributed by atoms with E-state index >= 15 is 0 Å². The number of para-hydroxylation sites is 1. The van der Waals surface area contributed by atoms with Crippen LogP contribution < -0.4 is 10.1 Å². The Bertz CT molecular complexity index is 424. The van der Waals surface area contributed by atoms with Gasteiger partial charge in [-0.1, -0.05) is 18.2 Å². The standard InChI is InChI=1S/C11H13NO2.C2H4O2/c1-11(2)9(13)12-10(11)14-8-6-4-3-5-7-8;1-2(3)4/h3-7,10H,1-2H3,(H,12,13);1H3,(H,3,4). The highest BCUT2D eigenvalue weighted by Gasteiger charge is 2.49. The highest BCUT2D eigenvalue weighted by Crippen LogP contribution is 2.31. The average molecular weight is 251 g/mol. The molecule has 1 amide bonds. The van der Waals surface area contributed by atoms with Crippen molar-refractivity contribution >= 4 is 11.9 Å². The van der Waals surface area contributed by atoms with Crippen molar-refractivity contribution in [3.05, 3.63) is 30.3 Å². The second-order valence-corrected chi connectivity index (χ2v) is 4.53. The maximum Gasteiger partial charge on any atom is 0.300 e. The summed E-state index contributed by atoms with van der Waals surface area (Å²) in [5.74, 6) is -0.0102. The predicted octanol–water partition coefficient (Wildman–Crippen LogP) is 1.64. The molecule has 0 spiro atoms. The first kappa shape index (κ1) is 14.0. The maximum atomic E-state index is 11.2. The van der Waals surface area contributed by atoms with E-state index in [0.717, 1.165) is 12.7 Å². The Morgan fingerprint density at radius 1 is 1.33 bits per heavy atom. The van der Waals surface area contributed by atoms with Gasteiger partial charge in [0.15, 0.2) is 6.23 Å². The van der Waals surface area contributed by atoms with Gasteiger partial charge in [0.25, 0.3) is 5.97 Å². The lowest BCUT2D eigenvalue weighted by molar-refractivity contribution is -0.155. The van der Waals surface area contributed by atoms with Crippen LogP contribution in [0.15, 0.2) is 30.3 Å². The van der Waals surface area contributed by atoms with Crippen molar-refractivity contribution < 1.29 is 19.4 Å². The fourth-order valence-electron chi connectivity index (χ4n) is 1.34. The molecule has 0 aromatic heterocycles. The number of amides is 1. The fraction of sp³-hybridized carbons (Fsp3) is 0.385. The summed E-state index contributed by atoms with van der Waals surface area (Å²) in [5.41, 5.74) is -0.421. The Balaban J connectivity index is 0.000000357. The normalized spacial score (nSPS) is 19.7. The molecule has 0 radical (unpaired) electrons. The molecule has 5 nitrogen and oxygen atoms in total. The van der Waals surface area contributed by atoms with E-state index in [9.17, 15) is 4.79 Å². The topological polar surface area (TPSA) is 75.6 Å². The zero-order chi connectivity index (χ0) is 13.8. The first-order chi connectivity index (χ1) is 8.34. The molecule has 0 saturated carbocycles. The monoisotopic (exact) mass is 251 g/mol. The molecule has 18 heavy (non-hydrogen) atoms. The van der Waals surface area contributed by atoms with Gasteiger partial charge in [-0.15, -0.1) is 0 Å². The smallest absolute Gasteiger partial charge is 0.300 e. The summed E-state index contributed by atoms with van der Waals surface area (Å²) >= 11 is 0. The van der Waals surface area contributed by atoms with Crippen molar-refractivity contribution in [2.45, 2.75) is 27.0 Å². The molecule has 1 fully saturated rings. The summed E-state index contributed by atoms with van der Waals surface area (Å²) in [4.78, 5) is 20.2. The molecule has 1 aromatic carbocycles. The van der Waals surface area contributed by atoms with Gasteiger partial charge in [-0.25, -0.2) is 0 Å². The number of ether oxygens (including phenoxy) is 1. The van der Waals surface area contributed by atoms with Crippen LogP contribution in [0.4, 0.5) is 0 Å². The summed E-state index contributed by atoms with van der Waals surface area (Å²) in [5, 5.41) is 10.1. The zero-order valence-electron chi connectivity index (χ0n) is 10.6. The lowest BCUT2D eigenvalue weighted by atomic mass is 9.83. The number of carbonyl (C=O) groups is 2. The molecular weight excluding hydrogens is 234 g/mol. The second kappa shape index (κ2) is 5.53. The van der Waals surface area contributed by atoms with Crippen LogP contribution >= 0.6 is 0 Å². The number of aliphatic carboxylic acids is 1.